The van der Waals surface area contributed by atoms with Crippen LogP contribution in [0.1, 0.15) is 33.5 Å². The number of carbonyl (C=O) groups excluding carboxylic acids is 1. The average Bonchev–Trinajstić information content (AvgIpc) is 2.78. The average molecular weight is 251 g/mol. The number of nitrogens with one attached hydrogen (secondary N) is 1. The van der Waals surface area contributed by atoms with Crippen molar-refractivity contribution in [1.82, 2.24) is 20.1 Å². The van der Waals surface area contributed by atoms with E-state index in [2.05, 4.69) is 40.9 Å². The highest BCUT2D eigenvalue weighted by atomic mass is 16.2. The quantitative estimate of drug-likeness (QED) is 0.800. The minimum Gasteiger partial charge on any atom is -0.339 e. The van der Waals surface area contributed by atoms with Crippen LogP contribution in [0, 0.1) is 0 Å². The summed E-state index contributed by atoms with van der Waals surface area (Å²) in [6.07, 6.45) is 0. The van der Waals surface area contributed by atoms with Crippen molar-refractivity contribution >= 4 is 11.9 Å². The first kappa shape index (κ1) is 12.9. The molecule has 1 fully saturated rings. The Morgan fingerprint density at radius 2 is 1.83 bits per heavy atom. The molecule has 100 valence electrons. The lowest BCUT2D eigenvalue weighted by molar-refractivity contribution is -0.129. The SMILES string of the molecule is CC(=O)N1CCN(c2n[nH]c(C(C)(C)C)n2)CC1. The molecule has 0 aromatic carbocycles. The minimum atomic E-state index is -0.0214. The van der Waals surface area contributed by atoms with E-state index in [0.717, 1.165) is 38.0 Å². The van der Waals surface area contributed by atoms with Gasteiger partial charge in [-0.2, -0.15) is 4.98 Å². The predicted molar refractivity (Wildman–Crippen MR) is 69.5 cm³/mol. The molecule has 0 aliphatic carbocycles. The smallest absolute Gasteiger partial charge is 0.244 e. The van der Waals surface area contributed by atoms with E-state index in [1.807, 2.05) is 4.90 Å². The van der Waals surface area contributed by atoms with E-state index in [1.165, 1.54) is 0 Å². The Bertz CT molecular complexity index is 426. The molecule has 0 spiro atoms. The first-order chi connectivity index (χ1) is 8.38. The predicted octanol–water partition coefficient (Wildman–Crippen LogP) is 0.771. The number of hydrogen-bond donors (Lipinski definition) is 1. The summed E-state index contributed by atoms with van der Waals surface area (Å²) < 4.78 is 0. The minimum absolute atomic E-state index is 0.0214. The molecule has 18 heavy (non-hydrogen) atoms. The van der Waals surface area contributed by atoms with Gasteiger partial charge in [-0.25, -0.2) is 0 Å². The van der Waals surface area contributed by atoms with Crippen molar-refractivity contribution in [3.63, 3.8) is 0 Å². The van der Waals surface area contributed by atoms with E-state index in [0.29, 0.717) is 0 Å². The van der Waals surface area contributed by atoms with Crippen LogP contribution in [0.2, 0.25) is 0 Å². The van der Waals surface area contributed by atoms with E-state index < -0.39 is 0 Å². The van der Waals surface area contributed by atoms with Crippen LogP contribution in [-0.2, 0) is 10.2 Å². The van der Waals surface area contributed by atoms with Crippen LogP contribution in [0.3, 0.4) is 0 Å². The van der Waals surface area contributed by atoms with Crippen LogP contribution in [0.5, 0.6) is 0 Å². The summed E-state index contributed by atoms with van der Waals surface area (Å²) in [5, 5.41) is 7.26. The maximum absolute atomic E-state index is 11.2. The third-order valence-corrected chi connectivity index (χ3v) is 3.19. The molecule has 2 heterocycles. The fraction of sp³-hybridized carbons (Fsp3) is 0.750. The van der Waals surface area contributed by atoms with Gasteiger partial charge < -0.3 is 9.80 Å². The number of rotatable bonds is 1. The van der Waals surface area contributed by atoms with Gasteiger partial charge in [0.2, 0.25) is 11.9 Å². The largest absolute Gasteiger partial charge is 0.339 e. The standard InChI is InChI=1S/C12H21N5O/c1-9(18)16-5-7-17(8-6-16)11-13-10(14-15-11)12(2,3)4/h5-8H2,1-4H3,(H,13,14,15). The van der Waals surface area contributed by atoms with E-state index >= 15 is 0 Å². The lowest BCUT2D eigenvalue weighted by atomic mass is 9.96. The molecule has 1 aromatic rings. The number of anilines is 1. The van der Waals surface area contributed by atoms with Crippen LogP contribution in [-0.4, -0.2) is 52.2 Å². The first-order valence-corrected chi connectivity index (χ1v) is 6.31. The maximum atomic E-state index is 11.2. The van der Waals surface area contributed by atoms with Crippen molar-refractivity contribution in [3.8, 4) is 0 Å². The second-order valence-electron chi connectivity index (χ2n) is 5.73. The molecule has 2 rings (SSSR count). The van der Waals surface area contributed by atoms with Crippen LogP contribution >= 0.6 is 0 Å². The zero-order valence-electron chi connectivity index (χ0n) is 11.5. The molecule has 0 bridgehead atoms. The summed E-state index contributed by atoms with van der Waals surface area (Å²) in [6.45, 7) is 11.0. The summed E-state index contributed by atoms with van der Waals surface area (Å²) >= 11 is 0. The zero-order chi connectivity index (χ0) is 13.3. The van der Waals surface area contributed by atoms with E-state index in [4.69, 9.17) is 0 Å². The van der Waals surface area contributed by atoms with Gasteiger partial charge in [0.1, 0.15) is 5.82 Å². The Balaban J connectivity index is 2.02. The highest BCUT2D eigenvalue weighted by Gasteiger charge is 2.24. The van der Waals surface area contributed by atoms with Gasteiger partial charge in [-0.05, 0) is 0 Å². The van der Waals surface area contributed by atoms with E-state index in [-0.39, 0.29) is 11.3 Å². The maximum Gasteiger partial charge on any atom is 0.244 e. The number of carbonyl (C=O) groups is 1. The number of aromatic nitrogens is 3. The van der Waals surface area contributed by atoms with Gasteiger partial charge in [0, 0.05) is 38.5 Å². The van der Waals surface area contributed by atoms with E-state index in [1.54, 1.807) is 6.92 Å². The molecular weight excluding hydrogens is 230 g/mol. The summed E-state index contributed by atoms with van der Waals surface area (Å²) in [5.41, 5.74) is -0.0214. The third-order valence-electron chi connectivity index (χ3n) is 3.19. The summed E-state index contributed by atoms with van der Waals surface area (Å²) in [6, 6.07) is 0. The Labute approximate surface area is 107 Å². The lowest BCUT2D eigenvalue weighted by Gasteiger charge is -2.33. The summed E-state index contributed by atoms with van der Waals surface area (Å²) in [4.78, 5) is 19.7. The molecule has 1 aliphatic heterocycles. The van der Waals surface area contributed by atoms with Gasteiger partial charge >= 0.3 is 0 Å². The van der Waals surface area contributed by atoms with Crippen molar-refractivity contribution in [2.45, 2.75) is 33.1 Å². The van der Waals surface area contributed by atoms with Crippen LogP contribution in [0.25, 0.3) is 0 Å². The van der Waals surface area contributed by atoms with Gasteiger partial charge in [-0.1, -0.05) is 20.8 Å². The summed E-state index contributed by atoms with van der Waals surface area (Å²) in [7, 11) is 0. The van der Waals surface area contributed by atoms with Crippen LogP contribution < -0.4 is 4.90 Å². The Hall–Kier alpha value is -1.59. The number of piperazine rings is 1. The monoisotopic (exact) mass is 251 g/mol. The number of amides is 1. The second-order valence-corrected chi connectivity index (χ2v) is 5.73. The first-order valence-electron chi connectivity index (χ1n) is 6.31. The highest BCUT2D eigenvalue weighted by molar-refractivity contribution is 5.73. The topological polar surface area (TPSA) is 65.1 Å². The van der Waals surface area contributed by atoms with Gasteiger partial charge in [0.25, 0.3) is 0 Å². The Kier molecular flexibility index (Phi) is 3.28. The molecule has 1 aromatic heterocycles. The van der Waals surface area contributed by atoms with Gasteiger partial charge in [-0.15, -0.1) is 5.10 Å². The van der Waals surface area contributed by atoms with Gasteiger partial charge in [0.15, 0.2) is 0 Å². The number of hydrogen-bond acceptors (Lipinski definition) is 4. The Morgan fingerprint density at radius 1 is 1.22 bits per heavy atom. The fourth-order valence-electron chi connectivity index (χ4n) is 1.95. The highest BCUT2D eigenvalue weighted by Crippen LogP contribution is 2.20. The molecule has 0 unspecified atom stereocenters. The molecule has 6 heteroatoms. The molecule has 1 amide bonds. The number of nitrogens with zero attached hydrogens (tertiary/aromatic N) is 4. The van der Waals surface area contributed by atoms with Crippen molar-refractivity contribution in [2.75, 3.05) is 31.1 Å². The molecule has 6 nitrogen and oxygen atoms in total. The molecule has 0 atom stereocenters. The van der Waals surface area contributed by atoms with Gasteiger partial charge in [0.05, 0.1) is 0 Å². The lowest BCUT2D eigenvalue weighted by Crippen LogP contribution is -2.48. The molecule has 0 radical (unpaired) electrons. The van der Waals surface area contributed by atoms with Crippen molar-refractivity contribution in [1.29, 1.82) is 0 Å². The molecule has 1 saturated heterocycles. The Morgan fingerprint density at radius 3 is 2.28 bits per heavy atom. The zero-order valence-corrected chi connectivity index (χ0v) is 11.5. The van der Waals surface area contributed by atoms with Crippen LogP contribution in [0.15, 0.2) is 0 Å². The number of aromatic amines is 1. The van der Waals surface area contributed by atoms with Crippen LogP contribution in [0.4, 0.5) is 5.95 Å². The number of H-pyrrole nitrogens is 1. The molecule has 1 N–H and O–H groups in total. The van der Waals surface area contributed by atoms with Crippen molar-refractivity contribution in [2.24, 2.45) is 0 Å². The third kappa shape index (κ3) is 2.63. The fourth-order valence-corrected chi connectivity index (χ4v) is 1.95. The summed E-state index contributed by atoms with van der Waals surface area (Å²) in [5.74, 6) is 1.77. The second kappa shape index (κ2) is 4.59. The molecule has 0 saturated carbocycles. The van der Waals surface area contributed by atoms with E-state index in [9.17, 15) is 4.79 Å². The van der Waals surface area contributed by atoms with Crippen molar-refractivity contribution in [3.05, 3.63) is 5.82 Å². The van der Waals surface area contributed by atoms with Gasteiger partial charge in [-0.3, -0.25) is 9.89 Å². The molecular formula is C12H21N5O. The van der Waals surface area contributed by atoms with Crippen molar-refractivity contribution < 1.29 is 4.79 Å². The molecule has 1 aliphatic rings. The normalized spacial score (nSPS) is 17.1.